The average Bonchev–Trinajstić information content (AvgIpc) is 2.81. The Morgan fingerprint density at radius 2 is 1.84 bits per heavy atom. The summed E-state index contributed by atoms with van der Waals surface area (Å²) >= 11 is 0. The van der Waals surface area contributed by atoms with E-state index < -0.39 is 17.9 Å². The summed E-state index contributed by atoms with van der Waals surface area (Å²) in [5, 5.41) is 9.38. The van der Waals surface area contributed by atoms with Crippen LogP contribution in [0.2, 0.25) is 0 Å². The Balaban J connectivity index is 2.05. The molecular formula is C24H20N2O6. The van der Waals surface area contributed by atoms with Crippen molar-refractivity contribution in [2.75, 3.05) is 13.2 Å². The molecule has 3 rings (SSSR count). The van der Waals surface area contributed by atoms with Gasteiger partial charge in [0.15, 0.2) is 13.2 Å². The van der Waals surface area contributed by atoms with Crippen molar-refractivity contribution in [3.63, 3.8) is 0 Å². The summed E-state index contributed by atoms with van der Waals surface area (Å²) in [7, 11) is 0. The van der Waals surface area contributed by atoms with E-state index in [9.17, 15) is 14.7 Å². The fourth-order valence-corrected chi connectivity index (χ4v) is 3.33. The highest BCUT2D eigenvalue weighted by atomic mass is 16.5. The second-order valence-corrected chi connectivity index (χ2v) is 6.73. The molecule has 0 spiro atoms. The van der Waals surface area contributed by atoms with E-state index >= 15 is 0 Å². The highest BCUT2D eigenvalue weighted by molar-refractivity contribution is 5.93. The monoisotopic (exact) mass is 432 g/mol. The first-order valence-electron chi connectivity index (χ1n) is 9.55. The van der Waals surface area contributed by atoms with Gasteiger partial charge in [0.2, 0.25) is 5.88 Å². The van der Waals surface area contributed by atoms with Crippen LogP contribution >= 0.6 is 0 Å². The Hall–Kier alpha value is -4.27. The predicted molar refractivity (Wildman–Crippen MR) is 114 cm³/mol. The Bertz CT molecular complexity index is 1160. The number of hydrogen-bond acceptors (Lipinski definition) is 8. The molecule has 0 saturated heterocycles. The molecule has 8 heteroatoms. The molecule has 2 heterocycles. The SMILES string of the molecule is C#CCOC(=O)CC1C(C(=O)OCC#C)=C(N)Oc2ccc(-c3ccnc(CO)c3)cc21. The lowest BCUT2D eigenvalue weighted by molar-refractivity contribution is -0.142. The normalized spacial score (nSPS) is 14.4. The van der Waals surface area contributed by atoms with Crippen LogP contribution in [-0.2, 0) is 25.7 Å². The van der Waals surface area contributed by atoms with E-state index in [1.54, 1.807) is 36.5 Å². The number of terminal acetylenes is 2. The minimum Gasteiger partial charge on any atom is -0.452 e. The third-order valence-electron chi connectivity index (χ3n) is 4.72. The van der Waals surface area contributed by atoms with Crippen molar-refractivity contribution in [1.29, 1.82) is 0 Å². The van der Waals surface area contributed by atoms with Crippen LogP contribution in [0.15, 0.2) is 48.0 Å². The van der Waals surface area contributed by atoms with E-state index in [0.29, 0.717) is 17.0 Å². The van der Waals surface area contributed by atoms with E-state index in [0.717, 1.165) is 11.1 Å². The summed E-state index contributed by atoms with van der Waals surface area (Å²) in [5.41, 5.74) is 8.53. The van der Waals surface area contributed by atoms with E-state index in [1.807, 2.05) is 0 Å². The molecular weight excluding hydrogens is 412 g/mol. The molecule has 0 amide bonds. The summed E-state index contributed by atoms with van der Waals surface area (Å²) in [5.74, 6) is 2.40. The molecule has 0 bridgehead atoms. The van der Waals surface area contributed by atoms with Gasteiger partial charge in [-0.1, -0.05) is 17.9 Å². The Kier molecular flexibility index (Phi) is 7.12. The van der Waals surface area contributed by atoms with Crippen molar-refractivity contribution < 1.29 is 28.9 Å². The van der Waals surface area contributed by atoms with Gasteiger partial charge in [-0.05, 0) is 35.4 Å². The number of aliphatic hydroxyl groups is 1. The smallest absolute Gasteiger partial charge is 0.341 e. The molecule has 0 saturated carbocycles. The van der Waals surface area contributed by atoms with E-state index in [4.69, 9.17) is 32.8 Å². The minimum absolute atomic E-state index is 0.0340. The second kappa shape index (κ2) is 10.2. The maximum atomic E-state index is 12.7. The van der Waals surface area contributed by atoms with Gasteiger partial charge in [-0.2, -0.15) is 0 Å². The summed E-state index contributed by atoms with van der Waals surface area (Å²) in [6, 6.07) is 8.74. The van der Waals surface area contributed by atoms with Crippen molar-refractivity contribution in [1.82, 2.24) is 4.98 Å². The van der Waals surface area contributed by atoms with Crippen molar-refractivity contribution in [2.24, 2.45) is 5.73 Å². The van der Waals surface area contributed by atoms with Gasteiger partial charge in [-0.15, -0.1) is 12.8 Å². The molecule has 3 N–H and O–H groups in total. The number of hydrogen-bond donors (Lipinski definition) is 2. The molecule has 0 fully saturated rings. The molecule has 1 aromatic heterocycles. The number of carbonyl (C=O) groups excluding carboxylic acids is 2. The highest BCUT2D eigenvalue weighted by Gasteiger charge is 2.36. The molecule has 32 heavy (non-hydrogen) atoms. The zero-order valence-corrected chi connectivity index (χ0v) is 17.0. The fourth-order valence-electron chi connectivity index (χ4n) is 3.33. The first-order chi connectivity index (χ1) is 15.5. The van der Waals surface area contributed by atoms with Gasteiger partial charge in [0.1, 0.15) is 11.3 Å². The number of rotatable bonds is 7. The number of nitrogens with two attached hydrogens (primary N) is 1. The Morgan fingerprint density at radius 3 is 2.56 bits per heavy atom. The number of ether oxygens (including phenoxy) is 3. The van der Waals surface area contributed by atoms with E-state index in [1.165, 1.54) is 0 Å². The molecule has 1 unspecified atom stereocenters. The number of esters is 2. The molecule has 8 nitrogen and oxygen atoms in total. The predicted octanol–water partition coefficient (Wildman–Crippen LogP) is 1.63. The molecule has 162 valence electrons. The van der Waals surface area contributed by atoms with Crippen LogP contribution in [-0.4, -0.2) is 35.2 Å². The third kappa shape index (κ3) is 4.89. The zero-order valence-electron chi connectivity index (χ0n) is 17.0. The number of aliphatic hydroxyl groups excluding tert-OH is 1. The third-order valence-corrected chi connectivity index (χ3v) is 4.72. The van der Waals surface area contributed by atoms with Gasteiger partial charge in [0.05, 0.1) is 18.7 Å². The van der Waals surface area contributed by atoms with Crippen LogP contribution in [0, 0.1) is 24.7 Å². The number of nitrogens with zero attached hydrogens (tertiary/aromatic N) is 1. The van der Waals surface area contributed by atoms with E-state index in [2.05, 4.69) is 16.8 Å². The number of aromatic nitrogens is 1. The largest absolute Gasteiger partial charge is 0.452 e. The van der Waals surface area contributed by atoms with Crippen molar-refractivity contribution >= 4 is 11.9 Å². The molecule has 1 aliphatic heterocycles. The molecule has 1 atom stereocenters. The summed E-state index contributed by atoms with van der Waals surface area (Å²) in [4.78, 5) is 29.1. The molecule has 1 aliphatic rings. The fraction of sp³-hybridized carbons (Fsp3) is 0.208. The van der Waals surface area contributed by atoms with E-state index in [-0.39, 0.29) is 37.7 Å². The number of carbonyl (C=O) groups is 2. The molecule has 1 aromatic carbocycles. The summed E-state index contributed by atoms with van der Waals surface area (Å²) in [6.45, 7) is -0.681. The standard InChI is InChI=1S/C24H20N2O6/c1-3-9-30-21(28)13-19-18-12-15(16-7-8-26-17(11-16)14-27)5-6-20(18)32-23(25)22(19)24(29)31-10-4-2/h1-2,5-8,11-12,19,27H,9-10,13-14,25H2. The van der Waals surface area contributed by atoms with Crippen molar-refractivity contribution in [3.8, 4) is 41.6 Å². The lowest BCUT2D eigenvalue weighted by Crippen LogP contribution is -2.28. The number of fused-ring (bicyclic) bond motifs is 1. The van der Waals surface area contributed by atoms with Gasteiger partial charge in [-0.25, -0.2) is 4.79 Å². The minimum atomic E-state index is -0.812. The Morgan fingerprint density at radius 1 is 1.12 bits per heavy atom. The second-order valence-electron chi connectivity index (χ2n) is 6.73. The van der Waals surface area contributed by atoms with Gasteiger partial charge < -0.3 is 25.1 Å². The maximum absolute atomic E-state index is 12.7. The molecule has 0 aliphatic carbocycles. The number of pyridine rings is 1. The van der Waals surface area contributed by atoms with Crippen LogP contribution in [0.25, 0.3) is 11.1 Å². The summed E-state index contributed by atoms with van der Waals surface area (Å²) in [6.07, 6.45) is 11.7. The topological polar surface area (TPSA) is 121 Å². The Labute approximate surface area is 185 Å². The maximum Gasteiger partial charge on any atom is 0.341 e. The van der Waals surface area contributed by atoms with Crippen LogP contribution in [0.3, 0.4) is 0 Å². The van der Waals surface area contributed by atoms with Crippen molar-refractivity contribution in [2.45, 2.75) is 18.9 Å². The van der Waals surface area contributed by atoms with Gasteiger partial charge in [0.25, 0.3) is 0 Å². The van der Waals surface area contributed by atoms with Crippen molar-refractivity contribution in [3.05, 3.63) is 59.2 Å². The lowest BCUT2D eigenvalue weighted by atomic mass is 9.84. The quantitative estimate of drug-likeness (QED) is 0.500. The van der Waals surface area contributed by atoms with Crippen LogP contribution in [0.5, 0.6) is 5.75 Å². The lowest BCUT2D eigenvalue weighted by Gasteiger charge is -2.28. The van der Waals surface area contributed by atoms with Gasteiger partial charge >= 0.3 is 11.9 Å². The van der Waals surface area contributed by atoms with Crippen LogP contribution in [0.4, 0.5) is 0 Å². The molecule has 0 radical (unpaired) electrons. The first kappa shape index (κ1) is 22.4. The molecule has 2 aromatic rings. The zero-order chi connectivity index (χ0) is 23.1. The first-order valence-corrected chi connectivity index (χ1v) is 9.55. The highest BCUT2D eigenvalue weighted by Crippen LogP contribution is 2.42. The van der Waals surface area contributed by atoms with Gasteiger partial charge in [-0.3, -0.25) is 9.78 Å². The van der Waals surface area contributed by atoms with Crippen LogP contribution < -0.4 is 10.5 Å². The average molecular weight is 432 g/mol. The number of benzene rings is 1. The summed E-state index contributed by atoms with van der Waals surface area (Å²) < 4.78 is 15.7. The van der Waals surface area contributed by atoms with Crippen LogP contribution in [0.1, 0.15) is 23.6 Å². The van der Waals surface area contributed by atoms with Gasteiger partial charge in [0, 0.05) is 17.7 Å².